The van der Waals surface area contributed by atoms with Crippen molar-refractivity contribution in [2.45, 2.75) is 45.1 Å². The summed E-state index contributed by atoms with van der Waals surface area (Å²) in [6.07, 6.45) is 4.84. The standard InChI is InChI=1S/C16H21NO4/c1-10-9-12(18)7-8-13(10)15(19)17-14(16(20)21)11-5-3-2-4-6-11/h7-9,11,14,18H,2-6H2,1H3,(H,17,19)(H,20,21). The van der Waals surface area contributed by atoms with E-state index in [9.17, 15) is 19.8 Å². The summed E-state index contributed by atoms with van der Waals surface area (Å²) in [7, 11) is 0. The molecular formula is C16H21NO4. The number of aromatic hydroxyl groups is 1. The predicted octanol–water partition coefficient (Wildman–Crippen LogP) is 2.46. The molecule has 0 spiro atoms. The first kappa shape index (κ1) is 15.4. The minimum Gasteiger partial charge on any atom is -0.508 e. The van der Waals surface area contributed by atoms with Gasteiger partial charge in [0.05, 0.1) is 0 Å². The van der Waals surface area contributed by atoms with Gasteiger partial charge in [0.2, 0.25) is 0 Å². The highest BCUT2D eigenvalue weighted by Crippen LogP contribution is 2.27. The Bertz CT molecular complexity index is 535. The quantitative estimate of drug-likeness (QED) is 0.795. The first-order valence-corrected chi connectivity index (χ1v) is 7.32. The average molecular weight is 291 g/mol. The number of phenols is 1. The normalized spacial score (nSPS) is 17.2. The molecule has 1 atom stereocenters. The molecule has 1 amide bonds. The van der Waals surface area contributed by atoms with Gasteiger partial charge in [0.25, 0.3) is 5.91 Å². The zero-order valence-electron chi connectivity index (χ0n) is 12.1. The van der Waals surface area contributed by atoms with Crippen LogP contribution < -0.4 is 5.32 Å². The lowest BCUT2D eigenvalue weighted by Crippen LogP contribution is -2.46. The summed E-state index contributed by atoms with van der Waals surface area (Å²) in [6.45, 7) is 1.71. The van der Waals surface area contributed by atoms with Crippen LogP contribution in [0.5, 0.6) is 5.75 Å². The Hall–Kier alpha value is -2.04. The summed E-state index contributed by atoms with van der Waals surface area (Å²) < 4.78 is 0. The molecule has 1 aromatic carbocycles. The van der Waals surface area contributed by atoms with E-state index in [4.69, 9.17) is 0 Å². The van der Waals surface area contributed by atoms with Crippen LogP contribution in [0, 0.1) is 12.8 Å². The van der Waals surface area contributed by atoms with Gasteiger partial charge in [-0.1, -0.05) is 19.3 Å². The highest BCUT2D eigenvalue weighted by Gasteiger charge is 2.31. The smallest absolute Gasteiger partial charge is 0.326 e. The second-order valence-electron chi connectivity index (χ2n) is 5.69. The fourth-order valence-corrected chi connectivity index (χ4v) is 2.97. The lowest BCUT2D eigenvalue weighted by atomic mass is 9.83. The van der Waals surface area contributed by atoms with E-state index in [0.717, 1.165) is 32.1 Å². The van der Waals surface area contributed by atoms with Crippen LogP contribution in [0.15, 0.2) is 18.2 Å². The van der Waals surface area contributed by atoms with Crippen LogP contribution in [0.4, 0.5) is 0 Å². The number of phenolic OH excluding ortho intramolecular Hbond substituents is 1. The first-order chi connectivity index (χ1) is 9.99. The van der Waals surface area contributed by atoms with E-state index in [2.05, 4.69) is 5.32 Å². The summed E-state index contributed by atoms with van der Waals surface area (Å²) in [5.74, 6) is -1.29. The number of hydrogen-bond acceptors (Lipinski definition) is 3. The summed E-state index contributed by atoms with van der Waals surface area (Å²) in [5, 5.41) is 21.4. The maximum absolute atomic E-state index is 12.3. The molecule has 1 aliphatic carbocycles. The van der Waals surface area contributed by atoms with Gasteiger partial charge in [0.1, 0.15) is 11.8 Å². The number of benzene rings is 1. The molecule has 0 saturated heterocycles. The Labute approximate surface area is 124 Å². The Morgan fingerprint density at radius 1 is 1.24 bits per heavy atom. The maximum Gasteiger partial charge on any atom is 0.326 e. The fourth-order valence-electron chi connectivity index (χ4n) is 2.97. The molecule has 0 aromatic heterocycles. The van der Waals surface area contributed by atoms with Crippen molar-refractivity contribution in [3.05, 3.63) is 29.3 Å². The van der Waals surface area contributed by atoms with Crippen molar-refractivity contribution in [1.29, 1.82) is 0 Å². The van der Waals surface area contributed by atoms with E-state index in [0.29, 0.717) is 11.1 Å². The van der Waals surface area contributed by atoms with Gasteiger partial charge in [-0.3, -0.25) is 4.79 Å². The molecule has 0 aliphatic heterocycles. The van der Waals surface area contributed by atoms with Gasteiger partial charge >= 0.3 is 5.97 Å². The van der Waals surface area contributed by atoms with Crippen molar-refractivity contribution in [3.8, 4) is 5.75 Å². The zero-order chi connectivity index (χ0) is 15.4. The molecule has 1 aromatic rings. The maximum atomic E-state index is 12.3. The molecule has 2 rings (SSSR count). The van der Waals surface area contributed by atoms with Crippen molar-refractivity contribution in [2.75, 3.05) is 0 Å². The highest BCUT2D eigenvalue weighted by atomic mass is 16.4. The van der Waals surface area contributed by atoms with E-state index < -0.39 is 17.9 Å². The van der Waals surface area contributed by atoms with Crippen molar-refractivity contribution >= 4 is 11.9 Å². The molecule has 1 unspecified atom stereocenters. The Morgan fingerprint density at radius 3 is 2.48 bits per heavy atom. The lowest BCUT2D eigenvalue weighted by molar-refractivity contribution is -0.141. The number of carbonyl (C=O) groups excluding carboxylic acids is 1. The summed E-state index contributed by atoms with van der Waals surface area (Å²) in [5.41, 5.74) is 1.02. The molecule has 114 valence electrons. The first-order valence-electron chi connectivity index (χ1n) is 7.32. The molecule has 0 radical (unpaired) electrons. The van der Waals surface area contributed by atoms with Gasteiger partial charge in [-0.2, -0.15) is 0 Å². The highest BCUT2D eigenvalue weighted by molar-refractivity contribution is 5.98. The number of hydrogen-bond donors (Lipinski definition) is 3. The van der Waals surface area contributed by atoms with E-state index in [-0.39, 0.29) is 11.7 Å². The molecule has 3 N–H and O–H groups in total. The van der Waals surface area contributed by atoms with Crippen LogP contribution in [0.3, 0.4) is 0 Å². The fraction of sp³-hybridized carbons (Fsp3) is 0.500. The Balaban J connectivity index is 2.12. The van der Waals surface area contributed by atoms with Crippen molar-refractivity contribution < 1.29 is 19.8 Å². The van der Waals surface area contributed by atoms with E-state index >= 15 is 0 Å². The molecule has 0 heterocycles. The van der Waals surface area contributed by atoms with E-state index in [1.165, 1.54) is 18.2 Å². The van der Waals surface area contributed by atoms with Crippen LogP contribution in [-0.2, 0) is 4.79 Å². The molecule has 21 heavy (non-hydrogen) atoms. The van der Waals surface area contributed by atoms with Crippen LogP contribution in [-0.4, -0.2) is 28.1 Å². The predicted molar refractivity (Wildman–Crippen MR) is 78.3 cm³/mol. The number of aliphatic carboxylic acids is 1. The number of aryl methyl sites for hydroxylation is 1. The van der Waals surface area contributed by atoms with E-state index in [1.54, 1.807) is 6.92 Å². The monoisotopic (exact) mass is 291 g/mol. The van der Waals surface area contributed by atoms with Crippen molar-refractivity contribution in [2.24, 2.45) is 5.92 Å². The Morgan fingerprint density at radius 2 is 1.90 bits per heavy atom. The van der Waals surface area contributed by atoms with Crippen molar-refractivity contribution in [3.63, 3.8) is 0 Å². The number of carboxylic acid groups (broad SMARTS) is 1. The minimum atomic E-state index is -0.980. The second kappa shape index (κ2) is 6.61. The van der Waals surface area contributed by atoms with E-state index in [1.807, 2.05) is 0 Å². The molecule has 0 bridgehead atoms. The minimum absolute atomic E-state index is 0.00220. The lowest BCUT2D eigenvalue weighted by Gasteiger charge is -2.28. The summed E-state index contributed by atoms with van der Waals surface area (Å²) in [6, 6.07) is 3.59. The largest absolute Gasteiger partial charge is 0.508 e. The Kier molecular flexibility index (Phi) is 4.83. The van der Waals surface area contributed by atoms with Gasteiger partial charge in [0, 0.05) is 5.56 Å². The second-order valence-corrected chi connectivity index (χ2v) is 5.69. The zero-order valence-corrected chi connectivity index (χ0v) is 12.1. The molecule has 1 fully saturated rings. The van der Waals surface area contributed by atoms with Crippen LogP contribution in [0.25, 0.3) is 0 Å². The number of carbonyl (C=O) groups is 2. The third-order valence-electron chi connectivity index (χ3n) is 4.13. The van der Waals surface area contributed by atoms with Crippen LogP contribution >= 0.6 is 0 Å². The molecular weight excluding hydrogens is 270 g/mol. The number of amides is 1. The van der Waals surface area contributed by atoms with Crippen LogP contribution in [0.2, 0.25) is 0 Å². The van der Waals surface area contributed by atoms with Crippen molar-refractivity contribution in [1.82, 2.24) is 5.32 Å². The van der Waals surface area contributed by atoms with Gasteiger partial charge in [-0.15, -0.1) is 0 Å². The molecule has 1 aliphatic rings. The average Bonchev–Trinajstić information content (AvgIpc) is 2.45. The number of rotatable bonds is 4. The van der Waals surface area contributed by atoms with Gasteiger partial charge in [-0.05, 0) is 49.4 Å². The third-order valence-corrected chi connectivity index (χ3v) is 4.13. The van der Waals surface area contributed by atoms with Gasteiger partial charge in [-0.25, -0.2) is 4.79 Å². The van der Waals surface area contributed by atoms with Gasteiger partial charge in [0.15, 0.2) is 0 Å². The van der Waals surface area contributed by atoms with Gasteiger partial charge < -0.3 is 15.5 Å². The SMILES string of the molecule is Cc1cc(O)ccc1C(=O)NC(C(=O)O)C1CCCCC1. The summed E-state index contributed by atoms with van der Waals surface area (Å²) >= 11 is 0. The van der Waals surface area contributed by atoms with Crippen LogP contribution in [0.1, 0.15) is 48.0 Å². The number of carboxylic acids is 1. The third kappa shape index (κ3) is 3.74. The summed E-state index contributed by atoms with van der Waals surface area (Å²) in [4.78, 5) is 23.7. The molecule has 5 nitrogen and oxygen atoms in total. The number of nitrogens with one attached hydrogen (secondary N) is 1. The molecule has 5 heteroatoms. The topological polar surface area (TPSA) is 86.6 Å². The molecule has 1 saturated carbocycles.